The van der Waals surface area contributed by atoms with Crippen molar-refractivity contribution < 1.29 is 46.2 Å². The summed E-state index contributed by atoms with van der Waals surface area (Å²) in [6.45, 7) is 0.948. The number of carbonyl (C=O) groups is 1. The van der Waals surface area contributed by atoms with E-state index < -0.39 is 59.1 Å². The molecule has 0 bridgehead atoms. The number of carbonyl (C=O) groups excluding carboxylic acids is 1. The van der Waals surface area contributed by atoms with Gasteiger partial charge < -0.3 is 24.8 Å². The maximum Gasteiger partial charge on any atom is 0.707 e. The second-order valence-electron chi connectivity index (χ2n) is 7.14. The number of amides is 1. The summed E-state index contributed by atoms with van der Waals surface area (Å²) in [4.78, 5) is 13.0. The first kappa shape index (κ1) is 24.6. The van der Waals surface area contributed by atoms with Crippen LogP contribution in [0.25, 0.3) is 0 Å². The van der Waals surface area contributed by atoms with Gasteiger partial charge in [-0.1, -0.05) is 6.07 Å². The van der Waals surface area contributed by atoms with E-state index >= 15 is 0 Å². The molecule has 174 valence electrons. The molecule has 0 radical (unpaired) electrons. The summed E-state index contributed by atoms with van der Waals surface area (Å²) in [5, 5.41) is 20.4. The molecule has 3 atom stereocenters. The van der Waals surface area contributed by atoms with Crippen molar-refractivity contribution in [2.75, 3.05) is 12.4 Å². The SMILES string of the molecule is COc1c(C2CC(C)(C(F)(F)F)SC2C(=O)Nc2cc(OB(O)O)cs2)ccc(F)c1F. The van der Waals surface area contributed by atoms with E-state index in [9.17, 15) is 26.7 Å². The molecule has 1 fully saturated rings. The van der Waals surface area contributed by atoms with Crippen molar-refractivity contribution in [3.8, 4) is 11.5 Å². The lowest BCUT2D eigenvalue weighted by Gasteiger charge is -2.26. The van der Waals surface area contributed by atoms with Crippen LogP contribution in [-0.2, 0) is 4.79 Å². The molecular formula is C18H17BF5NO5S2. The van der Waals surface area contributed by atoms with Crippen LogP contribution >= 0.6 is 23.1 Å². The van der Waals surface area contributed by atoms with Crippen LogP contribution in [0.4, 0.5) is 27.0 Å². The van der Waals surface area contributed by atoms with Crippen LogP contribution in [0.15, 0.2) is 23.6 Å². The number of hydrogen-bond donors (Lipinski definition) is 3. The first-order chi connectivity index (χ1) is 14.9. The van der Waals surface area contributed by atoms with Gasteiger partial charge in [-0.05, 0) is 19.4 Å². The van der Waals surface area contributed by atoms with Gasteiger partial charge in [0.05, 0.1) is 17.4 Å². The van der Waals surface area contributed by atoms with Gasteiger partial charge in [0.2, 0.25) is 11.7 Å². The summed E-state index contributed by atoms with van der Waals surface area (Å²) in [5.41, 5.74) is -0.0503. The molecular weight excluding hydrogens is 480 g/mol. The van der Waals surface area contributed by atoms with E-state index in [1.54, 1.807) is 0 Å². The minimum atomic E-state index is -4.67. The third kappa shape index (κ3) is 4.82. The van der Waals surface area contributed by atoms with Crippen molar-refractivity contribution in [2.45, 2.75) is 35.4 Å². The molecule has 1 aliphatic heterocycles. The van der Waals surface area contributed by atoms with Crippen LogP contribution in [0, 0.1) is 11.6 Å². The molecule has 1 saturated heterocycles. The van der Waals surface area contributed by atoms with Gasteiger partial charge in [-0.15, -0.1) is 23.1 Å². The normalized spacial score (nSPS) is 23.2. The molecule has 3 unspecified atom stereocenters. The molecule has 0 spiro atoms. The Morgan fingerprint density at radius 1 is 1.31 bits per heavy atom. The van der Waals surface area contributed by atoms with E-state index in [0.29, 0.717) is 11.8 Å². The highest BCUT2D eigenvalue weighted by Crippen LogP contribution is 2.59. The van der Waals surface area contributed by atoms with Crippen LogP contribution in [0.5, 0.6) is 11.5 Å². The molecule has 2 heterocycles. The average Bonchev–Trinajstić information content (AvgIpc) is 3.27. The van der Waals surface area contributed by atoms with E-state index in [-0.39, 0.29) is 16.3 Å². The van der Waals surface area contributed by atoms with Gasteiger partial charge in [-0.25, -0.2) is 4.39 Å². The van der Waals surface area contributed by atoms with E-state index in [4.69, 9.17) is 14.8 Å². The molecule has 2 aromatic rings. The number of rotatable bonds is 6. The van der Waals surface area contributed by atoms with Gasteiger partial charge in [0.15, 0.2) is 11.6 Å². The number of alkyl halides is 3. The molecule has 0 aliphatic carbocycles. The van der Waals surface area contributed by atoms with Crippen LogP contribution < -0.4 is 14.7 Å². The summed E-state index contributed by atoms with van der Waals surface area (Å²) < 4.78 is 76.4. The second kappa shape index (κ2) is 9.08. The molecule has 3 rings (SSSR count). The highest BCUT2D eigenvalue weighted by Gasteiger charge is 2.60. The number of halogens is 5. The molecule has 0 saturated carbocycles. The maximum absolute atomic E-state index is 14.2. The molecule has 3 N–H and O–H groups in total. The maximum atomic E-state index is 14.2. The molecule has 6 nitrogen and oxygen atoms in total. The van der Waals surface area contributed by atoms with Crippen molar-refractivity contribution >= 4 is 41.3 Å². The first-order valence-corrected chi connectivity index (χ1v) is 10.8. The van der Waals surface area contributed by atoms with Crippen LogP contribution in [0.3, 0.4) is 0 Å². The van der Waals surface area contributed by atoms with E-state index in [1.807, 2.05) is 0 Å². The predicted molar refractivity (Wildman–Crippen MR) is 110 cm³/mol. The Hall–Kier alpha value is -2.03. The third-order valence-corrected chi connectivity index (χ3v) is 7.51. The zero-order chi connectivity index (χ0) is 23.8. The molecule has 14 heteroatoms. The number of anilines is 1. The molecule has 1 aromatic heterocycles. The number of nitrogens with one attached hydrogen (secondary N) is 1. The van der Waals surface area contributed by atoms with E-state index in [1.165, 1.54) is 11.4 Å². The number of ether oxygens (including phenoxy) is 1. The summed E-state index contributed by atoms with van der Waals surface area (Å²) in [5.74, 6) is -5.03. The Labute approximate surface area is 187 Å². The molecule has 1 aromatic carbocycles. The highest BCUT2D eigenvalue weighted by molar-refractivity contribution is 8.02. The minimum absolute atomic E-state index is 0.0262. The first-order valence-electron chi connectivity index (χ1n) is 9.05. The zero-order valence-electron chi connectivity index (χ0n) is 16.6. The van der Waals surface area contributed by atoms with Gasteiger partial charge in [0, 0.05) is 22.9 Å². The largest absolute Gasteiger partial charge is 0.707 e. The molecule has 1 amide bonds. The smallest absolute Gasteiger partial charge is 0.511 e. The van der Waals surface area contributed by atoms with Crippen LogP contribution in [0.2, 0.25) is 0 Å². The van der Waals surface area contributed by atoms with Gasteiger partial charge >= 0.3 is 13.5 Å². The number of benzene rings is 1. The van der Waals surface area contributed by atoms with Crippen LogP contribution in [-0.4, -0.2) is 46.6 Å². The summed E-state index contributed by atoms with van der Waals surface area (Å²) in [7, 11) is -1.03. The number of methoxy groups -OCH3 is 1. The summed E-state index contributed by atoms with van der Waals surface area (Å²) in [6, 6.07) is 3.15. The lowest BCUT2D eigenvalue weighted by Crippen LogP contribution is -2.37. The highest BCUT2D eigenvalue weighted by atomic mass is 32.2. The lowest BCUT2D eigenvalue weighted by molar-refractivity contribution is -0.155. The Bertz CT molecular complexity index is 1000. The number of thiophene rings is 1. The Balaban J connectivity index is 1.95. The fourth-order valence-electron chi connectivity index (χ4n) is 3.44. The van der Waals surface area contributed by atoms with Crippen molar-refractivity contribution in [1.29, 1.82) is 0 Å². The van der Waals surface area contributed by atoms with E-state index in [0.717, 1.165) is 37.5 Å². The van der Waals surface area contributed by atoms with Gasteiger partial charge in [-0.2, -0.15) is 17.6 Å². The third-order valence-electron chi connectivity index (χ3n) is 4.97. The molecule has 32 heavy (non-hydrogen) atoms. The standard InChI is InChI=1S/C18H17BF5NO5S2/c1-17(18(22,23)24)6-10(9-3-4-11(20)13(21)14(9)29-2)15(32-17)16(26)25-12-5-8(7-31-12)30-19(27)28/h3-5,7,10,15,27-28H,6H2,1-2H3,(H,25,26). The van der Waals surface area contributed by atoms with Crippen LogP contribution in [0.1, 0.15) is 24.8 Å². The number of hydrogen-bond acceptors (Lipinski definition) is 7. The van der Waals surface area contributed by atoms with Gasteiger partial charge in [-0.3, -0.25) is 4.79 Å². The second-order valence-corrected chi connectivity index (χ2v) is 9.70. The Kier molecular flexibility index (Phi) is 6.98. The fourth-order valence-corrected chi connectivity index (χ4v) is 5.69. The van der Waals surface area contributed by atoms with Crippen molar-refractivity contribution in [1.82, 2.24) is 0 Å². The summed E-state index contributed by atoms with van der Waals surface area (Å²) in [6.07, 6.45) is -5.23. The van der Waals surface area contributed by atoms with Gasteiger partial charge in [0.1, 0.15) is 10.5 Å². The fraction of sp³-hybridized carbons (Fsp3) is 0.389. The topological polar surface area (TPSA) is 88.0 Å². The monoisotopic (exact) mass is 497 g/mol. The quantitative estimate of drug-likeness (QED) is 0.414. The van der Waals surface area contributed by atoms with E-state index in [2.05, 4.69) is 9.97 Å². The average molecular weight is 497 g/mol. The Morgan fingerprint density at radius 2 is 2.00 bits per heavy atom. The van der Waals surface area contributed by atoms with Gasteiger partial charge in [0.25, 0.3) is 0 Å². The Morgan fingerprint density at radius 3 is 2.59 bits per heavy atom. The lowest BCUT2D eigenvalue weighted by atomic mass is 9.86. The predicted octanol–water partition coefficient (Wildman–Crippen LogP) is 3.93. The molecule has 1 aliphatic rings. The number of thioether (sulfide) groups is 1. The van der Waals surface area contributed by atoms with Crippen molar-refractivity contribution in [3.63, 3.8) is 0 Å². The zero-order valence-corrected chi connectivity index (χ0v) is 18.2. The summed E-state index contributed by atoms with van der Waals surface area (Å²) >= 11 is 1.33. The van der Waals surface area contributed by atoms with Crippen molar-refractivity contribution in [3.05, 3.63) is 40.8 Å². The minimum Gasteiger partial charge on any atom is -0.511 e. The van der Waals surface area contributed by atoms with Crippen molar-refractivity contribution in [2.24, 2.45) is 0 Å².